The largest absolute Gasteiger partial charge is 0.455 e. The molecule has 0 fully saturated rings. The van der Waals surface area contributed by atoms with Crippen LogP contribution in [0.4, 0.5) is 0 Å². The van der Waals surface area contributed by atoms with Gasteiger partial charge in [0.15, 0.2) is 5.78 Å². The first kappa shape index (κ1) is 51.3. The number of rotatable bonds is 31. The van der Waals surface area contributed by atoms with E-state index in [0.717, 1.165) is 24.4 Å². The number of nitrogens with one attached hydrogen (secondary N) is 4. The van der Waals surface area contributed by atoms with Crippen LogP contribution in [0.5, 0.6) is 0 Å². The van der Waals surface area contributed by atoms with E-state index in [1.807, 2.05) is 57.2 Å². The van der Waals surface area contributed by atoms with Crippen molar-refractivity contribution in [3.63, 3.8) is 0 Å². The number of carbonyl (C=O) groups excluding carboxylic acids is 6. The Balaban J connectivity index is 1.98. The third-order valence-corrected chi connectivity index (χ3v) is 9.77. The van der Waals surface area contributed by atoms with Gasteiger partial charge < -0.3 is 47.3 Å². The van der Waals surface area contributed by atoms with Crippen LogP contribution >= 0.6 is 0 Å². The van der Waals surface area contributed by atoms with Crippen molar-refractivity contribution in [1.29, 1.82) is 0 Å². The number of amides is 5. The van der Waals surface area contributed by atoms with Crippen molar-refractivity contribution in [3.8, 4) is 0 Å². The molecule has 10 N–H and O–H groups in total. The lowest BCUT2D eigenvalue weighted by atomic mass is 9.66. The van der Waals surface area contributed by atoms with Crippen LogP contribution in [0.25, 0.3) is 0 Å². The molecule has 0 spiro atoms. The third-order valence-electron chi connectivity index (χ3n) is 9.77. The summed E-state index contributed by atoms with van der Waals surface area (Å²) in [4.78, 5) is 88.7. The van der Waals surface area contributed by atoms with E-state index in [4.69, 9.17) is 5.73 Å². The molecule has 19 heteroatoms. The zero-order valence-corrected chi connectivity index (χ0v) is 35.1. The molecule has 5 amide bonds. The first-order valence-electron chi connectivity index (χ1n) is 20.8. The highest BCUT2D eigenvalue weighted by atomic mass is 16.4. The molecule has 2 rings (SSSR count). The van der Waals surface area contributed by atoms with Gasteiger partial charge in [0.05, 0.1) is 30.6 Å². The number of Topliss-reactive ketones (excluding diaryl/α,β-unsaturated/α-hetero) is 1. The number of pyridine rings is 2. The average molecular weight is 841 g/mol. The van der Waals surface area contributed by atoms with Crippen molar-refractivity contribution < 1.29 is 49.0 Å². The van der Waals surface area contributed by atoms with Gasteiger partial charge >= 0.3 is 7.12 Å². The summed E-state index contributed by atoms with van der Waals surface area (Å²) in [6, 6.07) is 5.93. The molecule has 0 saturated carbocycles. The fraction of sp³-hybridized carbons (Fsp3) is 0.610. The molecular formula is C41H65BN8O10. The second-order valence-corrected chi connectivity index (χ2v) is 15.5. The molecule has 0 radical (unpaired) electrons. The minimum absolute atomic E-state index is 0.0611. The quantitative estimate of drug-likeness (QED) is 0.0365. The van der Waals surface area contributed by atoms with Gasteiger partial charge in [-0.05, 0) is 68.8 Å². The molecule has 2 aromatic rings. The SMILES string of the molecule is CCCC[C@H](NC(=O)[C@H](CCC(N)=O)NC(=O)[C@H](CO)NC(=O)[C@H](CO)NC(=O)CCCCCN(Cc1ccccn1)Cc1ccccn1)C(=O)C[C@@H](CC(C)C)B(O)O. The van der Waals surface area contributed by atoms with Crippen LogP contribution < -0.4 is 27.0 Å². The summed E-state index contributed by atoms with van der Waals surface area (Å²) in [5.41, 5.74) is 7.15. The summed E-state index contributed by atoms with van der Waals surface area (Å²) < 4.78 is 0. The summed E-state index contributed by atoms with van der Waals surface area (Å²) in [6.07, 6.45) is 6.50. The van der Waals surface area contributed by atoms with E-state index in [-0.39, 0.29) is 38.0 Å². The summed E-state index contributed by atoms with van der Waals surface area (Å²) in [5, 5.41) is 49.4. The van der Waals surface area contributed by atoms with Crippen LogP contribution in [0.15, 0.2) is 48.8 Å². The van der Waals surface area contributed by atoms with Gasteiger partial charge in [0, 0.05) is 50.6 Å². The van der Waals surface area contributed by atoms with Crippen molar-refractivity contribution in [2.24, 2.45) is 11.7 Å². The molecule has 60 heavy (non-hydrogen) atoms. The lowest BCUT2D eigenvalue weighted by molar-refractivity contribution is -0.135. The second-order valence-electron chi connectivity index (χ2n) is 15.5. The van der Waals surface area contributed by atoms with Crippen LogP contribution in [0, 0.1) is 5.92 Å². The van der Waals surface area contributed by atoms with E-state index in [1.165, 1.54) is 0 Å². The zero-order valence-electron chi connectivity index (χ0n) is 35.1. The van der Waals surface area contributed by atoms with E-state index in [9.17, 15) is 49.0 Å². The van der Waals surface area contributed by atoms with Crippen LogP contribution in [0.1, 0.15) is 103 Å². The van der Waals surface area contributed by atoms with Crippen molar-refractivity contribution in [2.45, 2.75) is 134 Å². The second kappa shape index (κ2) is 28.6. The monoisotopic (exact) mass is 840 g/mol. The standard InChI is InChI=1S/C41H65BN8O10/c1-4-5-15-32(36(53)23-29(42(59)60)22-28(2)3)47-39(56)33(17-18-37(43)54)48-41(58)35(27-52)49-40(57)34(26-51)46-38(55)16-7-6-12-21-50(24-30-13-8-10-19-44-30)25-31-14-9-11-20-45-31/h8-11,13-14,19-20,28-29,32-35,51-52,59-60H,4-7,12,15-18,21-27H2,1-3H3,(H2,43,54)(H,46,55)(H,47,56)(H,48,58)(H,49,57)/t29-,32+,33+,34+,35+/m1/s1. The van der Waals surface area contributed by atoms with Crippen molar-refractivity contribution in [2.75, 3.05) is 19.8 Å². The summed E-state index contributed by atoms with van der Waals surface area (Å²) >= 11 is 0. The van der Waals surface area contributed by atoms with Gasteiger partial charge in [0.25, 0.3) is 0 Å². The van der Waals surface area contributed by atoms with Gasteiger partial charge in [-0.2, -0.15) is 0 Å². The molecule has 0 aliphatic carbocycles. The Labute approximate surface area is 353 Å². The van der Waals surface area contributed by atoms with Crippen molar-refractivity contribution in [3.05, 3.63) is 60.2 Å². The van der Waals surface area contributed by atoms with Crippen LogP contribution in [0.3, 0.4) is 0 Å². The maximum Gasteiger partial charge on any atom is 0.455 e. The van der Waals surface area contributed by atoms with Crippen LogP contribution in [-0.4, -0.2) is 121 Å². The number of primary amides is 1. The fourth-order valence-electron chi connectivity index (χ4n) is 6.52. The molecular weight excluding hydrogens is 775 g/mol. The minimum atomic E-state index is -1.74. The highest BCUT2D eigenvalue weighted by molar-refractivity contribution is 6.43. The molecule has 0 aliphatic heterocycles. The van der Waals surface area contributed by atoms with E-state index in [0.29, 0.717) is 45.2 Å². The van der Waals surface area contributed by atoms with E-state index < -0.39 is 85.6 Å². The first-order chi connectivity index (χ1) is 28.7. The normalized spacial score (nSPS) is 13.8. The number of aliphatic hydroxyl groups is 2. The number of nitrogens with two attached hydrogens (primary N) is 1. The number of hydrogen-bond acceptors (Lipinski definition) is 13. The van der Waals surface area contributed by atoms with E-state index >= 15 is 0 Å². The van der Waals surface area contributed by atoms with Gasteiger partial charge in [-0.1, -0.05) is 52.2 Å². The zero-order chi connectivity index (χ0) is 44.5. The number of hydrogen-bond donors (Lipinski definition) is 9. The number of aromatic nitrogens is 2. The van der Waals surface area contributed by atoms with Gasteiger partial charge in [0.1, 0.15) is 18.1 Å². The molecule has 0 saturated heterocycles. The fourth-order valence-corrected chi connectivity index (χ4v) is 6.52. The number of ketones is 1. The van der Waals surface area contributed by atoms with E-state index in [2.05, 4.69) is 36.1 Å². The number of unbranched alkanes of at least 4 members (excludes halogenated alkanes) is 3. The summed E-state index contributed by atoms with van der Waals surface area (Å²) in [7, 11) is -1.74. The topological polar surface area (TPSA) is 286 Å². The molecule has 332 valence electrons. The third kappa shape index (κ3) is 20.4. The highest BCUT2D eigenvalue weighted by Crippen LogP contribution is 2.24. The van der Waals surface area contributed by atoms with Crippen LogP contribution in [0.2, 0.25) is 5.82 Å². The van der Waals surface area contributed by atoms with Crippen molar-refractivity contribution in [1.82, 2.24) is 36.1 Å². The predicted molar refractivity (Wildman–Crippen MR) is 224 cm³/mol. The predicted octanol–water partition coefficient (Wildman–Crippen LogP) is 0.267. The Morgan fingerprint density at radius 2 is 1.27 bits per heavy atom. The summed E-state index contributed by atoms with van der Waals surface area (Å²) in [6.45, 7) is 5.87. The van der Waals surface area contributed by atoms with Gasteiger partial charge in [-0.15, -0.1) is 0 Å². The van der Waals surface area contributed by atoms with Gasteiger partial charge in [-0.25, -0.2) is 0 Å². The maximum atomic E-state index is 13.5. The van der Waals surface area contributed by atoms with Gasteiger partial charge in [0.2, 0.25) is 29.5 Å². The number of carbonyl (C=O) groups is 6. The Bertz CT molecular complexity index is 1570. The van der Waals surface area contributed by atoms with Crippen LogP contribution in [-0.2, 0) is 41.9 Å². The Morgan fingerprint density at radius 1 is 0.717 bits per heavy atom. The average Bonchev–Trinajstić information content (AvgIpc) is 3.21. The maximum absolute atomic E-state index is 13.5. The molecule has 2 aromatic heterocycles. The smallest absolute Gasteiger partial charge is 0.427 e. The van der Waals surface area contributed by atoms with Gasteiger partial charge in [-0.3, -0.25) is 43.6 Å². The lowest BCUT2D eigenvalue weighted by Gasteiger charge is -2.26. The number of nitrogens with zero attached hydrogens (tertiary/aromatic N) is 3. The Morgan fingerprint density at radius 3 is 1.77 bits per heavy atom. The summed E-state index contributed by atoms with van der Waals surface area (Å²) in [5.74, 6) is -5.23. The Hall–Kier alpha value is -4.82. The lowest BCUT2D eigenvalue weighted by Crippen LogP contribution is -2.59. The molecule has 5 atom stereocenters. The molecule has 0 aliphatic rings. The minimum Gasteiger partial charge on any atom is -0.427 e. The Kier molecular flexibility index (Phi) is 24.5. The molecule has 0 aromatic carbocycles. The van der Waals surface area contributed by atoms with Crippen molar-refractivity contribution >= 4 is 42.4 Å². The number of aliphatic hydroxyl groups excluding tert-OH is 2. The molecule has 0 unspecified atom stereocenters. The first-order valence-corrected chi connectivity index (χ1v) is 20.8. The molecule has 0 bridgehead atoms. The van der Waals surface area contributed by atoms with E-state index in [1.54, 1.807) is 12.4 Å². The highest BCUT2D eigenvalue weighted by Gasteiger charge is 2.33. The molecule has 18 nitrogen and oxygen atoms in total. The molecule has 2 heterocycles.